The molecule has 1 aromatic rings. The first-order valence-electron chi connectivity index (χ1n) is 11.7. The van der Waals surface area contributed by atoms with Crippen LogP contribution in [0.3, 0.4) is 0 Å². The Labute approximate surface area is 218 Å². The number of piperazine rings is 1. The van der Waals surface area contributed by atoms with Crippen molar-refractivity contribution < 1.29 is 24.0 Å². The highest BCUT2D eigenvalue weighted by atomic mass is 32.2. The number of benzene rings is 1. The van der Waals surface area contributed by atoms with Gasteiger partial charge in [0.15, 0.2) is 5.17 Å². The summed E-state index contributed by atoms with van der Waals surface area (Å²) in [6.07, 6.45) is 1.50. The molecule has 1 saturated heterocycles. The normalized spacial score (nSPS) is 19.2. The zero-order valence-electron chi connectivity index (χ0n) is 20.6. The number of non-ortho nitro benzene ring substituents is 1. The third-order valence-electron chi connectivity index (χ3n) is 6.36. The number of fused-ring (bicyclic) bond motifs is 1. The van der Waals surface area contributed by atoms with Crippen LogP contribution in [0.2, 0.25) is 0 Å². The Morgan fingerprint density at radius 3 is 2.59 bits per heavy atom. The summed E-state index contributed by atoms with van der Waals surface area (Å²) in [6.45, 7) is 8.60. The van der Waals surface area contributed by atoms with Crippen molar-refractivity contribution in [2.45, 2.75) is 26.3 Å². The lowest BCUT2D eigenvalue weighted by molar-refractivity contribution is -0.384. The van der Waals surface area contributed by atoms with E-state index in [2.05, 4.69) is 11.6 Å². The highest BCUT2D eigenvalue weighted by molar-refractivity contribution is 8.16. The van der Waals surface area contributed by atoms with Crippen LogP contribution in [0.1, 0.15) is 31.9 Å². The molecule has 1 unspecified atom stereocenters. The highest BCUT2D eigenvalue weighted by Crippen LogP contribution is 2.45. The van der Waals surface area contributed by atoms with Gasteiger partial charge in [-0.05, 0) is 17.9 Å². The number of hydrogen-bond donors (Lipinski definition) is 0. The second kappa shape index (κ2) is 11.0. The van der Waals surface area contributed by atoms with Crippen LogP contribution in [-0.2, 0) is 19.1 Å². The zero-order valence-corrected chi connectivity index (χ0v) is 21.4. The third kappa shape index (κ3) is 5.43. The minimum absolute atomic E-state index is 0.00395. The van der Waals surface area contributed by atoms with Crippen LogP contribution in [0.4, 0.5) is 5.69 Å². The van der Waals surface area contributed by atoms with Crippen LogP contribution in [0.25, 0.3) is 0 Å². The molecule has 0 bridgehead atoms. The molecule has 0 N–H and O–H groups in total. The van der Waals surface area contributed by atoms with Gasteiger partial charge >= 0.3 is 5.97 Å². The Hall–Kier alpha value is -3.93. The molecule has 11 nitrogen and oxygen atoms in total. The van der Waals surface area contributed by atoms with Crippen molar-refractivity contribution >= 4 is 40.4 Å². The molecule has 3 aliphatic rings. The van der Waals surface area contributed by atoms with Crippen molar-refractivity contribution in [2.75, 3.05) is 32.8 Å². The summed E-state index contributed by atoms with van der Waals surface area (Å²) in [4.78, 5) is 58.8. The van der Waals surface area contributed by atoms with Gasteiger partial charge in [-0.1, -0.05) is 36.5 Å². The minimum atomic E-state index is -0.770. The lowest BCUT2D eigenvalue weighted by atomic mass is 9.93. The van der Waals surface area contributed by atoms with Crippen molar-refractivity contribution in [3.8, 4) is 0 Å². The van der Waals surface area contributed by atoms with E-state index in [1.807, 2.05) is 5.41 Å². The average Bonchev–Trinajstić information content (AvgIpc) is 3.28. The summed E-state index contributed by atoms with van der Waals surface area (Å²) in [5.74, 6) is -0.746. The molecule has 4 rings (SSSR count). The van der Waals surface area contributed by atoms with Crippen molar-refractivity contribution in [3.63, 3.8) is 0 Å². The van der Waals surface area contributed by atoms with Gasteiger partial charge in [-0.25, -0.2) is 9.79 Å². The second-order valence-corrected chi connectivity index (χ2v) is 9.53. The maximum Gasteiger partial charge on any atom is 0.338 e. The number of amidine groups is 1. The Morgan fingerprint density at radius 2 is 1.95 bits per heavy atom. The molecule has 0 spiro atoms. The summed E-state index contributed by atoms with van der Waals surface area (Å²) in [5.41, 5.74) is 1.69. The third-order valence-corrected chi connectivity index (χ3v) is 7.25. The molecule has 0 aliphatic carbocycles. The molecule has 0 radical (unpaired) electrons. The van der Waals surface area contributed by atoms with Gasteiger partial charge < -0.3 is 19.4 Å². The second-order valence-electron chi connectivity index (χ2n) is 8.70. The molecular formula is C25H27N5O6S. The smallest absolute Gasteiger partial charge is 0.338 e. The fraction of sp³-hybridized carbons (Fsp3) is 0.360. The maximum atomic E-state index is 13.2. The molecule has 2 amide bonds. The number of amides is 2. The van der Waals surface area contributed by atoms with E-state index in [-0.39, 0.29) is 36.1 Å². The first-order chi connectivity index (χ1) is 17.7. The van der Waals surface area contributed by atoms with E-state index in [0.29, 0.717) is 48.3 Å². The molecule has 3 aliphatic heterocycles. The number of hydrogen-bond acceptors (Lipinski definition) is 9. The summed E-state index contributed by atoms with van der Waals surface area (Å²) in [5, 5.41) is 13.9. The molecule has 3 heterocycles. The van der Waals surface area contributed by atoms with Crippen LogP contribution in [0, 0.1) is 10.1 Å². The molecule has 12 heteroatoms. The molecule has 1 fully saturated rings. The van der Waals surface area contributed by atoms with E-state index in [4.69, 9.17) is 4.74 Å². The number of aliphatic imine (C=N–C) groups is 1. The SMILES string of the molecule is C=CCOC(=O)C1=C(C)N=C2SC=C(CC(=O)N3CCN(C(C)=O)CC3)N2C1c1cccc([N+](=O)[O-])c1. The number of thioether (sulfide) groups is 1. The van der Waals surface area contributed by atoms with Crippen molar-refractivity contribution in [1.29, 1.82) is 0 Å². The highest BCUT2D eigenvalue weighted by Gasteiger charge is 2.42. The number of carbonyl (C=O) groups excluding carboxylic acids is 3. The fourth-order valence-electron chi connectivity index (χ4n) is 4.50. The number of nitrogens with zero attached hydrogens (tertiary/aromatic N) is 5. The summed E-state index contributed by atoms with van der Waals surface area (Å²) in [7, 11) is 0. The largest absolute Gasteiger partial charge is 0.458 e. The number of ether oxygens (including phenoxy) is 1. The Morgan fingerprint density at radius 1 is 1.24 bits per heavy atom. The molecule has 37 heavy (non-hydrogen) atoms. The molecule has 194 valence electrons. The van der Waals surface area contributed by atoms with Crippen LogP contribution in [-0.4, -0.2) is 75.4 Å². The van der Waals surface area contributed by atoms with E-state index in [1.165, 1.54) is 36.9 Å². The molecular weight excluding hydrogens is 498 g/mol. The number of nitro benzene ring substituents is 1. The molecule has 0 saturated carbocycles. The molecule has 1 aromatic carbocycles. The predicted octanol–water partition coefficient (Wildman–Crippen LogP) is 2.98. The van der Waals surface area contributed by atoms with Crippen LogP contribution < -0.4 is 0 Å². The Bertz CT molecular complexity index is 1250. The van der Waals surface area contributed by atoms with Gasteiger partial charge in [-0.15, -0.1) is 0 Å². The van der Waals surface area contributed by atoms with Crippen molar-refractivity contribution in [2.24, 2.45) is 4.99 Å². The number of allylic oxidation sites excluding steroid dienone is 1. The van der Waals surface area contributed by atoms with Gasteiger partial charge in [0.1, 0.15) is 6.61 Å². The standard InChI is InChI=1S/C25H27N5O6S/c1-4-12-36-24(33)22-16(2)26-25-29(23(22)18-6-5-7-19(13-18)30(34)35)20(15-37-25)14-21(32)28-10-8-27(9-11-28)17(3)31/h4-7,13,15,23H,1,8-12,14H2,2-3H3. The topological polar surface area (TPSA) is 126 Å². The van der Waals surface area contributed by atoms with Gasteiger partial charge in [0.05, 0.1) is 28.7 Å². The fourth-order valence-corrected chi connectivity index (χ4v) is 5.47. The Kier molecular flexibility index (Phi) is 7.77. The lowest BCUT2D eigenvalue weighted by Gasteiger charge is -2.37. The van der Waals surface area contributed by atoms with E-state index >= 15 is 0 Å². The first kappa shape index (κ1) is 26.1. The van der Waals surface area contributed by atoms with E-state index in [9.17, 15) is 24.5 Å². The first-order valence-corrected chi connectivity index (χ1v) is 12.6. The monoisotopic (exact) mass is 525 g/mol. The number of esters is 1. The van der Waals surface area contributed by atoms with Crippen LogP contribution >= 0.6 is 11.8 Å². The average molecular weight is 526 g/mol. The molecule has 0 aromatic heterocycles. The zero-order chi connectivity index (χ0) is 26.7. The van der Waals surface area contributed by atoms with E-state index < -0.39 is 16.9 Å². The van der Waals surface area contributed by atoms with Crippen LogP contribution in [0.15, 0.2) is 64.3 Å². The van der Waals surface area contributed by atoms with Gasteiger partial charge in [0.25, 0.3) is 5.69 Å². The summed E-state index contributed by atoms with van der Waals surface area (Å²) >= 11 is 1.33. The number of carbonyl (C=O) groups is 3. The predicted molar refractivity (Wildman–Crippen MR) is 138 cm³/mol. The minimum Gasteiger partial charge on any atom is -0.458 e. The number of rotatable bonds is 7. The summed E-state index contributed by atoms with van der Waals surface area (Å²) < 4.78 is 5.34. The quantitative estimate of drug-likeness (QED) is 0.230. The lowest BCUT2D eigenvalue weighted by Crippen LogP contribution is -2.50. The van der Waals surface area contributed by atoms with E-state index in [0.717, 1.165) is 0 Å². The molecule has 1 atom stereocenters. The van der Waals surface area contributed by atoms with Crippen LogP contribution in [0.5, 0.6) is 0 Å². The van der Waals surface area contributed by atoms with Gasteiger partial charge in [-0.2, -0.15) is 0 Å². The van der Waals surface area contributed by atoms with E-state index in [1.54, 1.807) is 33.8 Å². The van der Waals surface area contributed by atoms with Crippen molar-refractivity contribution in [3.05, 3.63) is 75.0 Å². The van der Waals surface area contributed by atoms with Crippen molar-refractivity contribution in [1.82, 2.24) is 14.7 Å². The van der Waals surface area contributed by atoms with Gasteiger partial charge in [-0.3, -0.25) is 19.7 Å². The summed E-state index contributed by atoms with van der Waals surface area (Å²) in [6, 6.07) is 5.30. The Balaban J connectivity index is 1.65. The van der Waals surface area contributed by atoms with Gasteiger partial charge in [0.2, 0.25) is 11.8 Å². The number of nitro groups is 1. The maximum absolute atomic E-state index is 13.2. The van der Waals surface area contributed by atoms with Gasteiger partial charge in [0, 0.05) is 50.9 Å².